The minimum Gasteiger partial charge on any atom is -0.395 e. The number of amides is 3. The molecule has 0 fully saturated rings. The van der Waals surface area contributed by atoms with Gasteiger partial charge in [0.15, 0.2) is 12.1 Å². The maximum atomic E-state index is 13.6. The zero-order valence-corrected chi connectivity index (χ0v) is 18.1. The summed E-state index contributed by atoms with van der Waals surface area (Å²) in [6.45, 7) is 3.74. The van der Waals surface area contributed by atoms with Gasteiger partial charge >= 0.3 is 5.91 Å². The summed E-state index contributed by atoms with van der Waals surface area (Å²) in [5, 5.41) is 17.6. The molecule has 4 atom stereocenters. The van der Waals surface area contributed by atoms with E-state index in [4.69, 9.17) is 5.11 Å². The molecule has 2 aliphatic heterocycles. The molecule has 1 unspecified atom stereocenters. The fourth-order valence-corrected chi connectivity index (χ4v) is 4.34. The van der Waals surface area contributed by atoms with E-state index in [-0.39, 0.29) is 36.9 Å². The van der Waals surface area contributed by atoms with Crippen molar-refractivity contribution in [2.75, 3.05) is 23.4 Å². The second-order valence-corrected chi connectivity index (χ2v) is 8.17. The van der Waals surface area contributed by atoms with Gasteiger partial charge in [0, 0.05) is 24.2 Å². The average Bonchev–Trinajstić information content (AvgIpc) is 3.20. The van der Waals surface area contributed by atoms with Gasteiger partial charge in [-0.3, -0.25) is 9.59 Å². The number of hydrogen-bond acceptors (Lipinski definition) is 5. The van der Waals surface area contributed by atoms with Crippen molar-refractivity contribution in [3.05, 3.63) is 54.2 Å². The van der Waals surface area contributed by atoms with Crippen molar-refractivity contribution in [3.63, 3.8) is 0 Å². The predicted molar refractivity (Wildman–Crippen MR) is 118 cm³/mol. The molecule has 3 amide bonds. The third kappa shape index (κ3) is 3.96. The van der Waals surface area contributed by atoms with Crippen molar-refractivity contribution >= 4 is 29.2 Å². The summed E-state index contributed by atoms with van der Waals surface area (Å²) in [6.07, 6.45) is 2.27. The van der Waals surface area contributed by atoms with Gasteiger partial charge in [-0.05, 0) is 38.1 Å². The van der Waals surface area contributed by atoms with Crippen LogP contribution in [0, 0.1) is 0 Å². The van der Waals surface area contributed by atoms with Crippen molar-refractivity contribution < 1.29 is 24.1 Å². The number of pyridine rings is 1. The Balaban J connectivity index is 1.60. The minimum absolute atomic E-state index is 0.0889. The molecule has 3 heterocycles. The number of benzene rings is 1. The molecule has 0 saturated heterocycles. The van der Waals surface area contributed by atoms with E-state index in [2.05, 4.69) is 16.0 Å². The molecule has 0 spiro atoms. The predicted octanol–water partition coefficient (Wildman–Crippen LogP) is -0.0997. The first-order valence-corrected chi connectivity index (χ1v) is 10.8. The molecule has 0 radical (unpaired) electrons. The number of nitrogens with one attached hydrogen (secondary N) is 3. The highest BCUT2D eigenvalue weighted by molar-refractivity contribution is 6.09. The van der Waals surface area contributed by atoms with E-state index in [9.17, 15) is 14.4 Å². The lowest BCUT2D eigenvalue weighted by molar-refractivity contribution is -0.710. The number of para-hydroxylation sites is 1. The van der Waals surface area contributed by atoms with Crippen LogP contribution in [0.5, 0.6) is 0 Å². The third-order valence-electron chi connectivity index (χ3n) is 6.05. The summed E-state index contributed by atoms with van der Waals surface area (Å²) in [5.74, 6) is -0.216. The van der Waals surface area contributed by atoms with E-state index in [0.29, 0.717) is 17.9 Å². The molecule has 0 aliphatic carbocycles. The van der Waals surface area contributed by atoms with E-state index in [0.717, 1.165) is 5.56 Å². The van der Waals surface area contributed by atoms with Gasteiger partial charge in [0.05, 0.1) is 18.8 Å². The Kier molecular flexibility index (Phi) is 6.20. The Morgan fingerprint density at radius 1 is 1.22 bits per heavy atom. The van der Waals surface area contributed by atoms with Crippen molar-refractivity contribution in [2.45, 2.75) is 44.4 Å². The molecule has 9 heteroatoms. The molecule has 1 aromatic heterocycles. The van der Waals surface area contributed by atoms with Crippen LogP contribution in [-0.2, 0) is 20.8 Å². The summed E-state index contributed by atoms with van der Waals surface area (Å²) in [4.78, 5) is 40.9. The maximum absolute atomic E-state index is 13.6. The summed E-state index contributed by atoms with van der Waals surface area (Å²) < 4.78 is 1.95. The molecule has 32 heavy (non-hydrogen) atoms. The second-order valence-electron chi connectivity index (χ2n) is 8.17. The first-order chi connectivity index (χ1) is 15.4. The van der Waals surface area contributed by atoms with E-state index in [1.54, 1.807) is 19.1 Å². The number of carbonyl (C=O) groups is 3. The number of aromatic nitrogens is 1. The quantitative estimate of drug-likeness (QED) is 0.451. The van der Waals surface area contributed by atoms with Crippen molar-refractivity contribution in [1.29, 1.82) is 0 Å². The van der Waals surface area contributed by atoms with Crippen LogP contribution in [0.15, 0.2) is 48.7 Å². The van der Waals surface area contributed by atoms with Crippen LogP contribution in [0.2, 0.25) is 0 Å². The highest BCUT2D eigenvalue weighted by atomic mass is 16.3. The number of anilines is 2. The first-order valence-electron chi connectivity index (χ1n) is 10.8. The molecule has 4 N–H and O–H groups in total. The monoisotopic (exact) mass is 438 g/mol. The Labute approximate surface area is 186 Å². The van der Waals surface area contributed by atoms with E-state index in [1.807, 2.05) is 48.0 Å². The number of aliphatic hydroxyl groups is 1. The van der Waals surface area contributed by atoms with Crippen LogP contribution < -0.4 is 25.4 Å². The third-order valence-corrected chi connectivity index (χ3v) is 6.05. The zero-order valence-electron chi connectivity index (χ0n) is 18.1. The van der Waals surface area contributed by atoms with E-state index >= 15 is 0 Å². The van der Waals surface area contributed by atoms with Gasteiger partial charge in [-0.2, -0.15) is 4.90 Å². The second kappa shape index (κ2) is 9.05. The number of nitrogens with zero attached hydrogens (tertiary/aromatic N) is 2. The molecular formula is C23H28N5O4+. The standard InChI is InChI=1S/C23H27N5O4/c1-14(24-10-12-29)20(30)26-19-15(2)27-11-6-7-16-13-18(28(22(16)27)23(19)32)21(31)25-17-8-4-3-5-9-17/h3-9,11,14-15,18-19,24,29H,10,12-13H2,1-2H3,(H-,25,26,30,31)/p+1/t14-,15?,18-,19-/m0/s1. The Morgan fingerprint density at radius 3 is 2.69 bits per heavy atom. The highest BCUT2D eigenvalue weighted by Gasteiger charge is 2.55. The number of aliphatic hydroxyl groups excluding tert-OH is 1. The lowest BCUT2D eigenvalue weighted by Gasteiger charge is -2.32. The summed E-state index contributed by atoms with van der Waals surface area (Å²) in [5.41, 5.74) is 1.58. The molecule has 1 aromatic carbocycles. The topological polar surface area (TPSA) is 115 Å². The molecule has 168 valence electrons. The Morgan fingerprint density at radius 2 is 1.97 bits per heavy atom. The van der Waals surface area contributed by atoms with Crippen LogP contribution in [0.3, 0.4) is 0 Å². The lowest BCUT2D eigenvalue weighted by Crippen LogP contribution is -2.67. The molecule has 2 aromatic rings. The summed E-state index contributed by atoms with van der Waals surface area (Å²) in [7, 11) is 0. The lowest BCUT2D eigenvalue weighted by atomic mass is 10.0. The SMILES string of the molecule is CC1[C@H](NC(=O)[C@H](C)NCCO)C(=O)N2c3c(ccc[n+]31)C[C@H]2C(=O)Nc1ccccc1. The normalized spacial score (nSPS) is 22.3. The minimum atomic E-state index is -0.821. The van der Waals surface area contributed by atoms with Crippen LogP contribution in [0.4, 0.5) is 11.5 Å². The highest BCUT2D eigenvalue weighted by Crippen LogP contribution is 2.35. The summed E-state index contributed by atoms with van der Waals surface area (Å²) in [6, 6.07) is 10.5. The van der Waals surface area contributed by atoms with Crippen molar-refractivity contribution in [2.24, 2.45) is 0 Å². The number of hydrogen-bond donors (Lipinski definition) is 4. The van der Waals surface area contributed by atoms with E-state index in [1.165, 1.54) is 4.90 Å². The van der Waals surface area contributed by atoms with Crippen LogP contribution in [0.1, 0.15) is 25.5 Å². The molecule has 9 nitrogen and oxygen atoms in total. The fraction of sp³-hybridized carbons (Fsp3) is 0.391. The number of carbonyl (C=O) groups excluding carboxylic acids is 3. The summed E-state index contributed by atoms with van der Waals surface area (Å²) >= 11 is 0. The molecular weight excluding hydrogens is 410 g/mol. The van der Waals surface area contributed by atoms with Gasteiger partial charge in [-0.15, -0.1) is 0 Å². The largest absolute Gasteiger partial charge is 0.395 e. The smallest absolute Gasteiger partial charge is 0.337 e. The van der Waals surface area contributed by atoms with Gasteiger partial charge in [0.2, 0.25) is 5.91 Å². The van der Waals surface area contributed by atoms with Gasteiger partial charge in [0.25, 0.3) is 11.7 Å². The Hall–Kier alpha value is -3.30. The number of rotatable bonds is 7. The zero-order chi connectivity index (χ0) is 22.8. The average molecular weight is 439 g/mol. The molecule has 4 rings (SSSR count). The van der Waals surface area contributed by atoms with Crippen molar-refractivity contribution in [1.82, 2.24) is 10.6 Å². The van der Waals surface area contributed by atoms with Gasteiger partial charge in [-0.1, -0.05) is 18.2 Å². The maximum Gasteiger partial charge on any atom is 0.337 e. The van der Waals surface area contributed by atoms with Gasteiger partial charge in [-0.25, -0.2) is 9.36 Å². The first kappa shape index (κ1) is 21.9. The van der Waals surface area contributed by atoms with Crippen LogP contribution >= 0.6 is 0 Å². The Bertz CT molecular complexity index is 1030. The van der Waals surface area contributed by atoms with Gasteiger partial charge < -0.3 is 21.1 Å². The van der Waals surface area contributed by atoms with Crippen LogP contribution in [-0.4, -0.2) is 54.1 Å². The van der Waals surface area contributed by atoms with Crippen LogP contribution in [0.25, 0.3) is 0 Å². The van der Waals surface area contributed by atoms with Gasteiger partial charge in [0.1, 0.15) is 6.04 Å². The fourth-order valence-electron chi connectivity index (χ4n) is 4.34. The molecule has 2 aliphatic rings. The molecule has 0 saturated carbocycles. The van der Waals surface area contributed by atoms with E-state index < -0.39 is 18.1 Å². The molecule has 0 bridgehead atoms. The van der Waals surface area contributed by atoms with Crippen molar-refractivity contribution in [3.8, 4) is 0 Å².